The van der Waals surface area contributed by atoms with Crippen molar-refractivity contribution in [3.05, 3.63) is 36.8 Å². The van der Waals surface area contributed by atoms with Crippen LogP contribution >= 0.6 is 0 Å². The number of rotatable bonds is 11. The lowest BCUT2D eigenvalue weighted by Gasteiger charge is -2.23. The van der Waals surface area contributed by atoms with Crippen LogP contribution in [-0.4, -0.2) is 50.8 Å². The zero-order valence-corrected chi connectivity index (χ0v) is 15.6. The molecule has 5 nitrogen and oxygen atoms in total. The Balaban J connectivity index is 1.78. The van der Waals surface area contributed by atoms with Gasteiger partial charge in [0.1, 0.15) is 5.76 Å². The number of guanidine groups is 1. The van der Waals surface area contributed by atoms with Gasteiger partial charge in [0.15, 0.2) is 5.96 Å². The lowest BCUT2D eigenvalue weighted by atomic mass is 10.1. The SMILES string of the molecule is C=CCCCCCN(C)C(=NCC1CCOC1)NCCc1ccco1. The highest BCUT2D eigenvalue weighted by Gasteiger charge is 2.16. The molecular weight excluding hydrogens is 314 g/mol. The summed E-state index contributed by atoms with van der Waals surface area (Å²) in [7, 11) is 2.12. The van der Waals surface area contributed by atoms with Crippen LogP contribution in [-0.2, 0) is 11.2 Å². The molecule has 1 aromatic rings. The molecule has 0 saturated carbocycles. The van der Waals surface area contributed by atoms with E-state index < -0.39 is 0 Å². The van der Waals surface area contributed by atoms with Gasteiger partial charge in [-0.25, -0.2) is 0 Å². The number of nitrogens with zero attached hydrogens (tertiary/aromatic N) is 2. The van der Waals surface area contributed by atoms with Gasteiger partial charge < -0.3 is 19.4 Å². The second-order valence-corrected chi connectivity index (χ2v) is 6.71. The lowest BCUT2D eigenvalue weighted by molar-refractivity contribution is 0.187. The normalized spacial score (nSPS) is 17.6. The third kappa shape index (κ3) is 7.78. The van der Waals surface area contributed by atoms with Gasteiger partial charge in [0.2, 0.25) is 0 Å². The molecule has 25 heavy (non-hydrogen) atoms. The summed E-state index contributed by atoms with van der Waals surface area (Å²) in [6.07, 6.45) is 10.4. The van der Waals surface area contributed by atoms with Gasteiger partial charge in [-0.15, -0.1) is 6.58 Å². The van der Waals surface area contributed by atoms with Crippen molar-refractivity contribution in [2.75, 3.05) is 39.9 Å². The van der Waals surface area contributed by atoms with Crippen LogP contribution in [0, 0.1) is 5.92 Å². The zero-order chi connectivity index (χ0) is 17.7. The Morgan fingerprint density at radius 2 is 2.36 bits per heavy atom. The quantitative estimate of drug-likeness (QED) is 0.288. The Morgan fingerprint density at radius 3 is 3.08 bits per heavy atom. The molecule has 0 radical (unpaired) electrons. The van der Waals surface area contributed by atoms with E-state index >= 15 is 0 Å². The molecule has 0 spiro atoms. The maximum Gasteiger partial charge on any atom is 0.193 e. The molecule has 1 aromatic heterocycles. The van der Waals surface area contributed by atoms with Crippen LogP contribution in [0.25, 0.3) is 0 Å². The van der Waals surface area contributed by atoms with Gasteiger partial charge in [-0.05, 0) is 37.8 Å². The Hall–Kier alpha value is -1.75. The standard InChI is InChI=1S/C20H33N3O2/c1-3-4-5-6-7-13-23(2)20(22-16-18-11-15-24-17-18)21-12-10-19-9-8-14-25-19/h3,8-9,14,18H,1,4-7,10-13,15-17H2,2H3,(H,21,22). The van der Waals surface area contributed by atoms with Crippen molar-refractivity contribution in [2.24, 2.45) is 10.9 Å². The summed E-state index contributed by atoms with van der Waals surface area (Å²) in [5.74, 6) is 2.55. The Bertz CT molecular complexity index is 493. The van der Waals surface area contributed by atoms with Crippen molar-refractivity contribution in [1.82, 2.24) is 10.2 Å². The number of unbranched alkanes of at least 4 members (excludes halogenated alkanes) is 3. The van der Waals surface area contributed by atoms with Crippen LogP contribution in [0.1, 0.15) is 37.9 Å². The molecule has 1 N–H and O–H groups in total. The molecule has 0 aromatic carbocycles. The van der Waals surface area contributed by atoms with E-state index in [1.165, 1.54) is 19.3 Å². The summed E-state index contributed by atoms with van der Waals surface area (Å²) in [5.41, 5.74) is 0. The minimum absolute atomic E-state index is 0.558. The van der Waals surface area contributed by atoms with Gasteiger partial charge in [-0.1, -0.05) is 12.5 Å². The van der Waals surface area contributed by atoms with Gasteiger partial charge in [0.25, 0.3) is 0 Å². The average molecular weight is 348 g/mol. The minimum Gasteiger partial charge on any atom is -0.469 e. The fraction of sp³-hybridized carbons (Fsp3) is 0.650. The Kier molecular flexibility index (Phi) is 9.19. The zero-order valence-electron chi connectivity index (χ0n) is 15.6. The minimum atomic E-state index is 0.558. The van der Waals surface area contributed by atoms with Gasteiger partial charge in [0, 0.05) is 45.6 Å². The van der Waals surface area contributed by atoms with Gasteiger partial charge in [-0.2, -0.15) is 0 Å². The van der Waals surface area contributed by atoms with Crippen molar-refractivity contribution in [3.63, 3.8) is 0 Å². The van der Waals surface area contributed by atoms with Gasteiger partial charge in [0.05, 0.1) is 12.9 Å². The molecule has 1 unspecified atom stereocenters. The predicted molar refractivity (Wildman–Crippen MR) is 103 cm³/mol. The molecular formula is C20H33N3O2. The third-order valence-electron chi connectivity index (χ3n) is 4.52. The van der Waals surface area contributed by atoms with Crippen molar-refractivity contribution >= 4 is 5.96 Å². The Morgan fingerprint density at radius 1 is 1.44 bits per heavy atom. The molecule has 1 aliphatic heterocycles. The summed E-state index contributed by atoms with van der Waals surface area (Å²) >= 11 is 0. The van der Waals surface area contributed by atoms with E-state index in [-0.39, 0.29) is 0 Å². The van der Waals surface area contributed by atoms with Gasteiger partial charge >= 0.3 is 0 Å². The summed E-state index contributed by atoms with van der Waals surface area (Å²) in [6.45, 7) is 8.18. The Labute approximate surface area is 152 Å². The molecule has 1 fully saturated rings. The fourth-order valence-electron chi connectivity index (χ4n) is 2.93. The van der Waals surface area contributed by atoms with Crippen LogP contribution < -0.4 is 5.32 Å². The number of furan rings is 1. The highest BCUT2D eigenvalue weighted by Crippen LogP contribution is 2.12. The lowest BCUT2D eigenvalue weighted by Crippen LogP contribution is -2.40. The summed E-state index contributed by atoms with van der Waals surface area (Å²) in [5, 5.41) is 3.49. The summed E-state index contributed by atoms with van der Waals surface area (Å²) < 4.78 is 10.9. The topological polar surface area (TPSA) is 50.0 Å². The number of hydrogen-bond acceptors (Lipinski definition) is 3. The van der Waals surface area contributed by atoms with Crippen molar-refractivity contribution < 1.29 is 9.15 Å². The molecule has 1 atom stereocenters. The first-order valence-corrected chi connectivity index (χ1v) is 9.50. The highest BCUT2D eigenvalue weighted by atomic mass is 16.5. The molecule has 140 valence electrons. The number of hydrogen-bond donors (Lipinski definition) is 1. The molecule has 1 aliphatic rings. The van der Waals surface area contributed by atoms with E-state index in [4.69, 9.17) is 14.1 Å². The van der Waals surface area contributed by atoms with E-state index in [2.05, 4.69) is 23.8 Å². The van der Waals surface area contributed by atoms with Crippen molar-refractivity contribution in [1.29, 1.82) is 0 Å². The molecule has 2 rings (SSSR count). The van der Waals surface area contributed by atoms with E-state index in [1.54, 1.807) is 6.26 Å². The molecule has 0 aliphatic carbocycles. The van der Waals surface area contributed by atoms with Crippen LogP contribution in [0.4, 0.5) is 0 Å². The van der Waals surface area contributed by atoms with E-state index in [0.717, 1.165) is 63.8 Å². The molecule has 0 bridgehead atoms. The molecule has 5 heteroatoms. The van der Waals surface area contributed by atoms with Crippen molar-refractivity contribution in [2.45, 2.75) is 38.5 Å². The van der Waals surface area contributed by atoms with E-state index in [1.807, 2.05) is 18.2 Å². The second kappa shape index (κ2) is 11.7. The maximum atomic E-state index is 5.46. The molecule has 2 heterocycles. The van der Waals surface area contributed by atoms with Gasteiger partial charge in [-0.3, -0.25) is 4.99 Å². The van der Waals surface area contributed by atoms with Crippen molar-refractivity contribution in [3.8, 4) is 0 Å². The van der Waals surface area contributed by atoms with E-state index in [9.17, 15) is 0 Å². The smallest absolute Gasteiger partial charge is 0.193 e. The molecule has 1 saturated heterocycles. The maximum absolute atomic E-state index is 5.46. The van der Waals surface area contributed by atoms with E-state index in [0.29, 0.717) is 5.92 Å². The average Bonchev–Trinajstić information content (AvgIpc) is 3.31. The van der Waals surface area contributed by atoms with Crippen LogP contribution in [0.15, 0.2) is 40.5 Å². The van der Waals surface area contributed by atoms with Crippen LogP contribution in [0.5, 0.6) is 0 Å². The monoisotopic (exact) mass is 347 g/mol. The van der Waals surface area contributed by atoms with Crippen LogP contribution in [0.3, 0.4) is 0 Å². The van der Waals surface area contributed by atoms with Crippen LogP contribution in [0.2, 0.25) is 0 Å². The summed E-state index contributed by atoms with van der Waals surface area (Å²) in [6, 6.07) is 3.94. The number of nitrogens with one attached hydrogen (secondary N) is 1. The highest BCUT2D eigenvalue weighted by molar-refractivity contribution is 5.79. The fourth-order valence-corrected chi connectivity index (χ4v) is 2.93. The number of allylic oxidation sites excluding steroid dienone is 1. The number of aliphatic imine (C=N–C) groups is 1. The first kappa shape index (κ1) is 19.6. The number of ether oxygens (including phenoxy) is 1. The second-order valence-electron chi connectivity index (χ2n) is 6.71. The predicted octanol–water partition coefficient (Wildman–Crippen LogP) is 3.48. The first-order valence-electron chi connectivity index (χ1n) is 9.50. The largest absolute Gasteiger partial charge is 0.469 e. The molecule has 0 amide bonds. The summed E-state index contributed by atoms with van der Waals surface area (Å²) in [4.78, 5) is 7.09. The third-order valence-corrected chi connectivity index (χ3v) is 4.52. The first-order chi connectivity index (χ1) is 12.3.